The average molecular weight is 407 g/mol. The summed E-state index contributed by atoms with van der Waals surface area (Å²) in [7, 11) is -0.696. The van der Waals surface area contributed by atoms with Crippen LogP contribution in [0.25, 0.3) is 0 Å². The Morgan fingerprint density at radius 2 is 1.71 bits per heavy atom. The summed E-state index contributed by atoms with van der Waals surface area (Å²) in [4.78, 5) is 12.9. The molecule has 0 radical (unpaired) electrons. The molecule has 0 aliphatic carbocycles. The summed E-state index contributed by atoms with van der Waals surface area (Å²) in [6, 6.07) is 9.29. The fourth-order valence-corrected chi connectivity index (χ4v) is 3.99. The van der Waals surface area contributed by atoms with Crippen LogP contribution in [0.2, 0.25) is 0 Å². The van der Waals surface area contributed by atoms with Crippen molar-refractivity contribution in [3.63, 3.8) is 0 Å². The predicted molar refractivity (Wildman–Crippen MR) is 111 cm³/mol. The molecule has 2 aromatic rings. The molecule has 28 heavy (non-hydrogen) atoms. The van der Waals surface area contributed by atoms with Gasteiger partial charge < -0.3 is 14.8 Å². The second kappa shape index (κ2) is 8.52. The Labute approximate surface area is 166 Å². The lowest BCUT2D eigenvalue weighted by Crippen LogP contribution is -2.45. The Bertz CT molecular complexity index is 973. The Morgan fingerprint density at radius 3 is 2.25 bits per heavy atom. The zero-order valence-electron chi connectivity index (χ0n) is 16.9. The lowest BCUT2D eigenvalue weighted by Gasteiger charge is -2.29. The summed E-state index contributed by atoms with van der Waals surface area (Å²) < 4.78 is 36.5. The second-order valence-corrected chi connectivity index (χ2v) is 8.42. The number of amides is 1. The van der Waals surface area contributed by atoms with Gasteiger partial charge in [0.25, 0.3) is 0 Å². The fraction of sp³-hybridized carbons (Fsp3) is 0.350. The van der Waals surface area contributed by atoms with Crippen LogP contribution in [0.4, 0.5) is 11.4 Å². The summed E-state index contributed by atoms with van der Waals surface area (Å²) in [5.74, 6) is 0.492. The standard InChI is InChI=1S/C20H26N2O5S/c1-13-7-8-16(11-14(13)2)22(28(6,24)25)15(3)20(23)21-18-12-17(26-4)9-10-19(18)27-5/h7-12,15H,1-6H3,(H,21,23). The third-order valence-electron chi connectivity index (χ3n) is 4.50. The highest BCUT2D eigenvalue weighted by Gasteiger charge is 2.30. The summed E-state index contributed by atoms with van der Waals surface area (Å²) in [5.41, 5.74) is 2.81. The molecule has 1 atom stereocenters. The van der Waals surface area contributed by atoms with Gasteiger partial charge in [-0.3, -0.25) is 9.10 Å². The van der Waals surface area contributed by atoms with Crippen LogP contribution in [0.15, 0.2) is 36.4 Å². The maximum absolute atomic E-state index is 12.9. The number of rotatable bonds is 7. The third-order valence-corrected chi connectivity index (χ3v) is 5.74. The SMILES string of the molecule is COc1ccc(OC)c(NC(=O)C(C)N(c2ccc(C)c(C)c2)S(C)(=O)=O)c1. The number of aryl methyl sites for hydroxylation is 2. The van der Waals surface area contributed by atoms with E-state index in [0.717, 1.165) is 21.7 Å². The Morgan fingerprint density at radius 1 is 1.04 bits per heavy atom. The normalized spacial score (nSPS) is 12.2. The van der Waals surface area contributed by atoms with Gasteiger partial charge in [0.1, 0.15) is 17.5 Å². The Balaban J connectivity index is 2.38. The number of ether oxygens (including phenoxy) is 2. The maximum atomic E-state index is 12.9. The number of nitrogens with one attached hydrogen (secondary N) is 1. The minimum Gasteiger partial charge on any atom is -0.497 e. The van der Waals surface area contributed by atoms with Crippen molar-refractivity contribution in [1.29, 1.82) is 0 Å². The first-order chi connectivity index (χ1) is 13.1. The third kappa shape index (κ3) is 4.75. The zero-order chi connectivity index (χ0) is 21.1. The van der Waals surface area contributed by atoms with E-state index >= 15 is 0 Å². The van der Waals surface area contributed by atoms with E-state index in [4.69, 9.17) is 9.47 Å². The van der Waals surface area contributed by atoms with Gasteiger partial charge in [0.2, 0.25) is 15.9 Å². The van der Waals surface area contributed by atoms with Crippen LogP contribution in [0.3, 0.4) is 0 Å². The first-order valence-corrected chi connectivity index (χ1v) is 10.5. The molecular formula is C20H26N2O5S. The molecule has 0 aromatic heterocycles. The lowest BCUT2D eigenvalue weighted by atomic mass is 10.1. The minimum atomic E-state index is -3.70. The zero-order valence-corrected chi connectivity index (χ0v) is 17.8. The highest BCUT2D eigenvalue weighted by molar-refractivity contribution is 7.92. The largest absolute Gasteiger partial charge is 0.497 e. The van der Waals surface area contributed by atoms with E-state index in [1.54, 1.807) is 30.3 Å². The first kappa shape index (κ1) is 21.6. The quantitative estimate of drug-likeness (QED) is 0.764. The maximum Gasteiger partial charge on any atom is 0.248 e. The van der Waals surface area contributed by atoms with Crippen molar-refractivity contribution in [3.8, 4) is 11.5 Å². The summed E-state index contributed by atoms with van der Waals surface area (Å²) >= 11 is 0. The van der Waals surface area contributed by atoms with Crippen LogP contribution in [-0.2, 0) is 14.8 Å². The van der Waals surface area contributed by atoms with E-state index in [-0.39, 0.29) is 0 Å². The van der Waals surface area contributed by atoms with Crippen molar-refractivity contribution in [1.82, 2.24) is 0 Å². The van der Waals surface area contributed by atoms with Gasteiger partial charge in [0, 0.05) is 6.07 Å². The highest BCUT2D eigenvalue weighted by atomic mass is 32.2. The van der Waals surface area contributed by atoms with Crippen LogP contribution in [0.5, 0.6) is 11.5 Å². The summed E-state index contributed by atoms with van der Waals surface area (Å²) in [6.07, 6.45) is 1.08. The topological polar surface area (TPSA) is 84.9 Å². The number of anilines is 2. The summed E-state index contributed by atoms with van der Waals surface area (Å²) in [5, 5.41) is 2.73. The molecular weight excluding hydrogens is 380 g/mol. The number of nitrogens with zero attached hydrogens (tertiary/aromatic N) is 1. The van der Waals surface area contributed by atoms with Crippen LogP contribution in [0, 0.1) is 13.8 Å². The number of benzene rings is 2. The van der Waals surface area contributed by atoms with Crippen LogP contribution >= 0.6 is 0 Å². The van der Waals surface area contributed by atoms with Crippen molar-refractivity contribution in [2.75, 3.05) is 30.1 Å². The van der Waals surface area contributed by atoms with E-state index in [9.17, 15) is 13.2 Å². The van der Waals surface area contributed by atoms with Crippen LogP contribution in [-0.4, -0.2) is 40.8 Å². The molecule has 0 aliphatic rings. The fourth-order valence-electron chi connectivity index (χ4n) is 2.82. The van der Waals surface area contributed by atoms with E-state index in [1.807, 2.05) is 19.9 Å². The number of hydrogen-bond donors (Lipinski definition) is 1. The molecule has 0 spiro atoms. The molecule has 8 heteroatoms. The van der Waals surface area contributed by atoms with Gasteiger partial charge in [-0.15, -0.1) is 0 Å². The molecule has 152 valence electrons. The van der Waals surface area contributed by atoms with Gasteiger partial charge in [0.15, 0.2) is 0 Å². The molecule has 0 aliphatic heterocycles. The van der Waals surface area contributed by atoms with Gasteiger partial charge in [-0.1, -0.05) is 6.07 Å². The molecule has 0 saturated carbocycles. The summed E-state index contributed by atoms with van der Waals surface area (Å²) in [6.45, 7) is 5.37. The van der Waals surface area contributed by atoms with Crippen molar-refractivity contribution >= 4 is 27.3 Å². The van der Waals surface area contributed by atoms with Crippen molar-refractivity contribution in [2.24, 2.45) is 0 Å². The predicted octanol–water partition coefficient (Wildman–Crippen LogP) is 3.11. The second-order valence-electron chi connectivity index (χ2n) is 6.56. The number of carbonyl (C=O) groups is 1. The van der Waals surface area contributed by atoms with Gasteiger partial charge in [-0.05, 0) is 56.2 Å². The van der Waals surface area contributed by atoms with E-state index < -0.39 is 22.0 Å². The molecule has 2 aromatic carbocycles. The molecule has 1 amide bonds. The average Bonchev–Trinajstić information content (AvgIpc) is 2.63. The van der Waals surface area contributed by atoms with Crippen LogP contribution < -0.4 is 19.1 Å². The first-order valence-electron chi connectivity index (χ1n) is 8.68. The monoisotopic (exact) mass is 406 g/mol. The highest BCUT2D eigenvalue weighted by Crippen LogP contribution is 2.30. The van der Waals surface area contributed by atoms with Gasteiger partial charge in [0.05, 0.1) is 31.9 Å². The van der Waals surface area contributed by atoms with E-state index in [0.29, 0.717) is 22.9 Å². The van der Waals surface area contributed by atoms with E-state index in [2.05, 4.69) is 5.32 Å². The number of carbonyl (C=O) groups excluding carboxylic acids is 1. The molecule has 1 N–H and O–H groups in total. The lowest BCUT2D eigenvalue weighted by molar-refractivity contribution is -0.116. The number of methoxy groups -OCH3 is 2. The van der Waals surface area contributed by atoms with Crippen LogP contribution in [0.1, 0.15) is 18.1 Å². The van der Waals surface area contributed by atoms with E-state index in [1.165, 1.54) is 21.1 Å². The molecule has 7 nitrogen and oxygen atoms in total. The van der Waals surface area contributed by atoms with Gasteiger partial charge in [-0.25, -0.2) is 8.42 Å². The molecule has 0 fully saturated rings. The molecule has 0 heterocycles. The molecule has 0 bridgehead atoms. The Kier molecular flexibility index (Phi) is 6.56. The van der Waals surface area contributed by atoms with Crippen molar-refractivity contribution in [3.05, 3.63) is 47.5 Å². The van der Waals surface area contributed by atoms with Gasteiger partial charge in [-0.2, -0.15) is 0 Å². The van der Waals surface area contributed by atoms with Crippen molar-refractivity contribution < 1.29 is 22.7 Å². The molecule has 2 rings (SSSR count). The van der Waals surface area contributed by atoms with Crippen molar-refractivity contribution in [2.45, 2.75) is 26.8 Å². The smallest absolute Gasteiger partial charge is 0.248 e. The number of hydrogen-bond acceptors (Lipinski definition) is 5. The molecule has 0 saturated heterocycles. The molecule has 1 unspecified atom stereocenters. The Hall–Kier alpha value is -2.74. The minimum absolute atomic E-state index is 0.396. The van der Waals surface area contributed by atoms with Gasteiger partial charge >= 0.3 is 0 Å². The number of sulfonamides is 1.